The number of benzene rings is 1. The third kappa shape index (κ3) is 2.95. The van der Waals surface area contributed by atoms with Crippen LogP contribution in [0.15, 0.2) is 34.9 Å². The van der Waals surface area contributed by atoms with E-state index in [1.54, 1.807) is 30.5 Å². The summed E-state index contributed by atoms with van der Waals surface area (Å²) in [6.07, 6.45) is 1.59. The molecule has 5 nitrogen and oxygen atoms in total. The van der Waals surface area contributed by atoms with E-state index in [0.717, 1.165) is 4.47 Å². The zero-order valence-corrected chi connectivity index (χ0v) is 11.6. The highest BCUT2D eigenvalue weighted by Crippen LogP contribution is 2.34. The number of halogens is 1. The van der Waals surface area contributed by atoms with Gasteiger partial charge in [0.2, 0.25) is 5.88 Å². The molecule has 19 heavy (non-hydrogen) atoms. The minimum absolute atomic E-state index is 0.284. The second-order valence-corrected chi connectivity index (χ2v) is 4.54. The van der Waals surface area contributed by atoms with Crippen LogP contribution in [0.5, 0.6) is 17.4 Å². The first kappa shape index (κ1) is 13.2. The Morgan fingerprint density at radius 3 is 2.74 bits per heavy atom. The van der Waals surface area contributed by atoms with Crippen molar-refractivity contribution in [2.45, 2.75) is 0 Å². The number of nitrogens with zero attached hydrogens (tertiary/aromatic N) is 2. The van der Waals surface area contributed by atoms with Gasteiger partial charge in [0.1, 0.15) is 0 Å². The molecule has 1 heterocycles. The summed E-state index contributed by atoms with van der Waals surface area (Å²) in [6.45, 7) is 0. The SMILES string of the molecule is COc1cc(C#N)ccc1Oc1ncc(Br)cc1N. The third-order valence-electron chi connectivity index (χ3n) is 2.34. The lowest BCUT2D eigenvalue weighted by Crippen LogP contribution is -1.97. The maximum absolute atomic E-state index is 8.83. The molecule has 1 aromatic carbocycles. The predicted molar refractivity (Wildman–Crippen MR) is 74.1 cm³/mol. The second kappa shape index (κ2) is 5.59. The van der Waals surface area contributed by atoms with Gasteiger partial charge in [-0.05, 0) is 34.1 Å². The van der Waals surface area contributed by atoms with Crippen molar-refractivity contribution in [1.82, 2.24) is 4.98 Å². The summed E-state index contributed by atoms with van der Waals surface area (Å²) < 4.78 is 11.5. The van der Waals surface area contributed by atoms with Gasteiger partial charge < -0.3 is 15.2 Å². The minimum Gasteiger partial charge on any atom is -0.493 e. The quantitative estimate of drug-likeness (QED) is 0.940. The zero-order valence-electron chi connectivity index (χ0n) is 10.1. The van der Waals surface area contributed by atoms with Gasteiger partial charge in [0.25, 0.3) is 0 Å². The molecular formula is C13H10BrN3O2. The molecule has 0 fully saturated rings. The maximum Gasteiger partial charge on any atom is 0.242 e. The highest BCUT2D eigenvalue weighted by atomic mass is 79.9. The fourth-order valence-corrected chi connectivity index (χ4v) is 1.80. The number of pyridine rings is 1. The number of nitrogen functional groups attached to an aromatic ring is 1. The summed E-state index contributed by atoms with van der Waals surface area (Å²) in [6, 6.07) is 8.58. The van der Waals surface area contributed by atoms with Gasteiger partial charge in [-0.2, -0.15) is 5.26 Å². The van der Waals surface area contributed by atoms with Gasteiger partial charge in [0.15, 0.2) is 11.5 Å². The van der Waals surface area contributed by atoms with Gasteiger partial charge in [-0.1, -0.05) is 0 Å². The molecule has 0 unspecified atom stereocenters. The van der Waals surface area contributed by atoms with Crippen LogP contribution < -0.4 is 15.2 Å². The number of anilines is 1. The molecule has 2 aromatic rings. The average Bonchev–Trinajstić information content (AvgIpc) is 2.42. The van der Waals surface area contributed by atoms with Crippen LogP contribution in [0.1, 0.15) is 5.56 Å². The average molecular weight is 320 g/mol. The zero-order chi connectivity index (χ0) is 13.8. The molecule has 0 bridgehead atoms. The molecule has 0 radical (unpaired) electrons. The van der Waals surface area contributed by atoms with Crippen LogP contribution >= 0.6 is 15.9 Å². The molecule has 2 N–H and O–H groups in total. The highest BCUT2D eigenvalue weighted by molar-refractivity contribution is 9.10. The highest BCUT2D eigenvalue weighted by Gasteiger charge is 2.10. The molecule has 0 saturated carbocycles. The number of methoxy groups -OCH3 is 1. The lowest BCUT2D eigenvalue weighted by molar-refractivity contribution is 0.375. The summed E-state index contributed by atoms with van der Waals surface area (Å²) in [5.74, 6) is 1.18. The van der Waals surface area contributed by atoms with Gasteiger partial charge in [-0.3, -0.25) is 0 Å². The van der Waals surface area contributed by atoms with Crippen LogP contribution in [0, 0.1) is 11.3 Å². The van der Waals surface area contributed by atoms with Crippen LogP contribution in [0.25, 0.3) is 0 Å². The van der Waals surface area contributed by atoms with Crippen molar-refractivity contribution in [3.05, 3.63) is 40.5 Å². The molecule has 0 aliphatic rings. The number of ether oxygens (including phenoxy) is 2. The fraction of sp³-hybridized carbons (Fsp3) is 0.0769. The largest absolute Gasteiger partial charge is 0.493 e. The first-order valence-electron chi connectivity index (χ1n) is 5.31. The lowest BCUT2D eigenvalue weighted by Gasteiger charge is -2.11. The van der Waals surface area contributed by atoms with Crippen molar-refractivity contribution >= 4 is 21.6 Å². The van der Waals surface area contributed by atoms with Crippen LogP contribution in [-0.4, -0.2) is 12.1 Å². The van der Waals surface area contributed by atoms with Crippen LogP contribution in [0.2, 0.25) is 0 Å². The summed E-state index contributed by atoms with van der Waals surface area (Å²) in [5.41, 5.74) is 6.70. The van der Waals surface area contributed by atoms with Gasteiger partial charge >= 0.3 is 0 Å². The Morgan fingerprint density at radius 1 is 1.32 bits per heavy atom. The first-order chi connectivity index (χ1) is 9.13. The van der Waals surface area contributed by atoms with E-state index >= 15 is 0 Å². The van der Waals surface area contributed by atoms with E-state index in [9.17, 15) is 0 Å². The van der Waals surface area contributed by atoms with Crippen molar-refractivity contribution in [1.29, 1.82) is 5.26 Å². The molecule has 96 valence electrons. The smallest absolute Gasteiger partial charge is 0.242 e. The molecular weight excluding hydrogens is 310 g/mol. The lowest BCUT2D eigenvalue weighted by atomic mass is 10.2. The van der Waals surface area contributed by atoms with Crippen LogP contribution in [0.3, 0.4) is 0 Å². The monoisotopic (exact) mass is 319 g/mol. The normalized spacial score (nSPS) is 9.74. The van der Waals surface area contributed by atoms with E-state index in [1.807, 2.05) is 6.07 Å². The number of nitriles is 1. The Balaban J connectivity index is 2.35. The van der Waals surface area contributed by atoms with E-state index in [2.05, 4.69) is 20.9 Å². The Morgan fingerprint density at radius 2 is 2.11 bits per heavy atom. The van der Waals surface area contributed by atoms with Gasteiger partial charge in [-0.15, -0.1) is 0 Å². The Hall–Kier alpha value is -2.26. The standard InChI is InChI=1S/C13H10BrN3O2/c1-18-12-4-8(6-15)2-3-11(12)19-13-10(16)5-9(14)7-17-13/h2-5,7H,16H2,1H3. The number of hydrogen-bond donors (Lipinski definition) is 1. The number of rotatable bonds is 3. The third-order valence-corrected chi connectivity index (χ3v) is 2.78. The number of aromatic nitrogens is 1. The number of hydrogen-bond acceptors (Lipinski definition) is 5. The molecule has 0 amide bonds. The van der Waals surface area contributed by atoms with Crippen molar-refractivity contribution in [2.75, 3.05) is 12.8 Å². The second-order valence-electron chi connectivity index (χ2n) is 3.63. The van der Waals surface area contributed by atoms with Crippen LogP contribution in [0.4, 0.5) is 5.69 Å². The molecule has 0 atom stereocenters. The molecule has 0 aliphatic carbocycles. The molecule has 0 saturated heterocycles. The fourth-order valence-electron chi connectivity index (χ4n) is 1.45. The molecule has 1 aromatic heterocycles. The Labute approximate surface area is 118 Å². The first-order valence-corrected chi connectivity index (χ1v) is 6.10. The van der Waals surface area contributed by atoms with Crippen LogP contribution in [-0.2, 0) is 0 Å². The molecule has 6 heteroatoms. The maximum atomic E-state index is 8.83. The summed E-state index contributed by atoms with van der Waals surface area (Å²) in [7, 11) is 1.50. The van der Waals surface area contributed by atoms with Crippen molar-refractivity contribution in [2.24, 2.45) is 0 Å². The Bertz CT molecular complexity index is 653. The predicted octanol–water partition coefficient (Wildman–Crippen LogP) is 3.10. The molecule has 2 rings (SSSR count). The van der Waals surface area contributed by atoms with Crippen molar-refractivity contribution in [3.63, 3.8) is 0 Å². The van der Waals surface area contributed by atoms with E-state index in [0.29, 0.717) is 22.7 Å². The van der Waals surface area contributed by atoms with Gasteiger partial charge in [0.05, 0.1) is 24.4 Å². The minimum atomic E-state index is 0.284. The van der Waals surface area contributed by atoms with E-state index < -0.39 is 0 Å². The van der Waals surface area contributed by atoms with Gasteiger partial charge in [-0.25, -0.2) is 4.98 Å². The number of nitrogens with two attached hydrogens (primary N) is 1. The van der Waals surface area contributed by atoms with E-state index in [-0.39, 0.29) is 5.88 Å². The van der Waals surface area contributed by atoms with E-state index in [1.165, 1.54) is 7.11 Å². The topological polar surface area (TPSA) is 81.2 Å². The summed E-state index contributed by atoms with van der Waals surface area (Å²) >= 11 is 3.27. The molecule has 0 aliphatic heterocycles. The van der Waals surface area contributed by atoms with Crippen molar-refractivity contribution < 1.29 is 9.47 Å². The van der Waals surface area contributed by atoms with Gasteiger partial charge in [0, 0.05) is 16.7 Å². The van der Waals surface area contributed by atoms with Crippen molar-refractivity contribution in [3.8, 4) is 23.4 Å². The summed E-state index contributed by atoms with van der Waals surface area (Å²) in [5, 5.41) is 8.83. The Kier molecular flexibility index (Phi) is 3.88. The molecule has 0 spiro atoms. The summed E-state index contributed by atoms with van der Waals surface area (Å²) in [4.78, 5) is 4.08. The van der Waals surface area contributed by atoms with E-state index in [4.69, 9.17) is 20.5 Å².